The van der Waals surface area contributed by atoms with Crippen LogP contribution in [0.15, 0.2) is 18.2 Å². The average molecular weight is 257 g/mol. The molecule has 0 bridgehead atoms. The second-order valence-electron chi connectivity index (χ2n) is 4.01. The molecular weight excluding hydrogens is 240 g/mol. The van der Waals surface area contributed by atoms with Crippen molar-refractivity contribution in [2.45, 2.75) is 25.9 Å². The number of carbonyl (C=O) groups is 1. The Labute approximate surface area is 106 Å². The van der Waals surface area contributed by atoms with E-state index in [-0.39, 0.29) is 6.04 Å². The molecule has 0 heterocycles. The minimum absolute atomic E-state index is 0.105. The molecule has 17 heavy (non-hydrogen) atoms. The van der Waals surface area contributed by atoms with E-state index in [9.17, 15) is 4.79 Å². The minimum Gasteiger partial charge on any atom is -0.496 e. The van der Waals surface area contributed by atoms with Gasteiger partial charge in [-0.1, -0.05) is 17.7 Å². The summed E-state index contributed by atoms with van der Waals surface area (Å²) in [5.74, 6) is 0.0690. The standard InChI is InChI=1S/C12H17ClN2O2/c1-7(2)15-11(12(14)16)10-8(13)5-4-6-9(10)17-3/h4-7,11,15H,1-3H3,(H2,14,16). The highest BCUT2D eigenvalue weighted by Gasteiger charge is 2.24. The molecule has 0 aliphatic heterocycles. The lowest BCUT2D eigenvalue weighted by Crippen LogP contribution is -2.37. The van der Waals surface area contributed by atoms with E-state index in [1.807, 2.05) is 13.8 Å². The molecule has 1 unspecified atom stereocenters. The van der Waals surface area contributed by atoms with E-state index >= 15 is 0 Å². The SMILES string of the molecule is COc1cccc(Cl)c1C(NC(C)C)C(N)=O. The molecule has 0 saturated heterocycles. The van der Waals surface area contributed by atoms with Crippen LogP contribution in [-0.2, 0) is 4.79 Å². The van der Waals surface area contributed by atoms with Gasteiger partial charge in [-0.25, -0.2) is 0 Å². The van der Waals surface area contributed by atoms with Crippen molar-refractivity contribution in [2.24, 2.45) is 5.73 Å². The first-order valence-electron chi connectivity index (χ1n) is 5.35. The van der Waals surface area contributed by atoms with Gasteiger partial charge >= 0.3 is 0 Å². The molecule has 1 atom stereocenters. The largest absolute Gasteiger partial charge is 0.496 e. The Morgan fingerprint density at radius 2 is 2.12 bits per heavy atom. The third-order valence-electron chi connectivity index (χ3n) is 2.31. The molecule has 1 aromatic rings. The number of nitrogens with one attached hydrogen (secondary N) is 1. The number of halogens is 1. The van der Waals surface area contributed by atoms with Crippen LogP contribution in [0, 0.1) is 0 Å². The van der Waals surface area contributed by atoms with Crippen molar-refractivity contribution in [2.75, 3.05) is 7.11 Å². The van der Waals surface area contributed by atoms with Crippen LogP contribution in [0.4, 0.5) is 0 Å². The predicted molar refractivity (Wildman–Crippen MR) is 68.2 cm³/mol. The van der Waals surface area contributed by atoms with Gasteiger partial charge in [0.15, 0.2) is 0 Å². The fourth-order valence-electron chi connectivity index (χ4n) is 1.62. The summed E-state index contributed by atoms with van der Waals surface area (Å²) in [6, 6.07) is 4.67. The number of primary amides is 1. The molecule has 0 spiro atoms. The molecule has 0 fully saturated rings. The number of rotatable bonds is 5. The Morgan fingerprint density at radius 3 is 2.59 bits per heavy atom. The molecule has 94 valence electrons. The number of benzene rings is 1. The van der Waals surface area contributed by atoms with Crippen molar-refractivity contribution in [3.05, 3.63) is 28.8 Å². The van der Waals surface area contributed by atoms with Crippen molar-refractivity contribution >= 4 is 17.5 Å². The smallest absolute Gasteiger partial charge is 0.239 e. The van der Waals surface area contributed by atoms with Crippen molar-refractivity contribution in [3.8, 4) is 5.75 Å². The number of hydrogen-bond donors (Lipinski definition) is 2. The van der Waals surface area contributed by atoms with Crippen LogP contribution >= 0.6 is 11.6 Å². The molecule has 3 N–H and O–H groups in total. The second-order valence-corrected chi connectivity index (χ2v) is 4.42. The summed E-state index contributed by atoms with van der Waals surface area (Å²) in [7, 11) is 1.53. The lowest BCUT2D eigenvalue weighted by atomic mass is 10.0. The summed E-state index contributed by atoms with van der Waals surface area (Å²) in [5, 5.41) is 3.53. The van der Waals surface area contributed by atoms with E-state index in [2.05, 4.69) is 5.32 Å². The van der Waals surface area contributed by atoms with Crippen molar-refractivity contribution < 1.29 is 9.53 Å². The Balaban J connectivity index is 3.21. The predicted octanol–water partition coefficient (Wildman–Crippen LogP) is 1.87. The summed E-state index contributed by atoms with van der Waals surface area (Å²) < 4.78 is 5.21. The fraction of sp³-hybridized carbons (Fsp3) is 0.417. The summed E-state index contributed by atoms with van der Waals surface area (Å²) >= 11 is 6.10. The highest BCUT2D eigenvalue weighted by molar-refractivity contribution is 6.31. The molecule has 0 aliphatic carbocycles. The Kier molecular flexibility index (Phi) is 4.78. The lowest BCUT2D eigenvalue weighted by molar-refractivity contribution is -0.120. The van der Waals surface area contributed by atoms with Gasteiger partial charge < -0.3 is 10.5 Å². The number of hydrogen-bond acceptors (Lipinski definition) is 3. The van der Waals surface area contributed by atoms with Crippen molar-refractivity contribution in [1.82, 2.24) is 5.32 Å². The first-order chi connectivity index (χ1) is 7.97. The van der Waals surface area contributed by atoms with E-state index in [0.29, 0.717) is 16.3 Å². The van der Waals surface area contributed by atoms with E-state index in [1.54, 1.807) is 18.2 Å². The summed E-state index contributed by atoms with van der Waals surface area (Å²) in [6.07, 6.45) is 0. The number of nitrogens with two attached hydrogens (primary N) is 1. The van der Waals surface area contributed by atoms with Crippen LogP contribution in [0.5, 0.6) is 5.75 Å². The first-order valence-corrected chi connectivity index (χ1v) is 5.73. The van der Waals surface area contributed by atoms with Gasteiger partial charge in [0.05, 0.1) is 7.11 Å². The third-order valence-corrected chi connectivity index (χ3v) is 2.64. The number of methoxy groups -OCH3 is 1. The molecule has 0 radical (unpaired) electrons. The van der Waals surface area contributed by atoms with Crippen LogP contribution in [0.3, 0.4) is 0 Å². The molecule has 4 nitrogen and oxygen atoms in total. The van der Waals surface area contributed by atoms with E-state index in [1.165, 1.54) is 7.11 Å². The van der Waals surface area contributed by atoms with Gasteiger partial charge in [-0.15, -0.1) is 0 Å². The molecule has 5 heteroatoms. The maximum atomic E-state index is 11.5. The molecule has 1 rings (SSSR count). The van der Waals surface area contributed by atoms with Gasteiger partial charge in [-0.05, 0) is 26.0 Å². The quantitative estimate of drug-likeness (QED) is 0.845. The lowest BCUT2D eigenvalue weighted by Gasteiger charge is -2.21. The Hall–Kier alpha value is -1.26. The number of carbonyl (C=O) groups excluding carboxylic acids is 1. The van der Waals surface area contributed by atoms with Crippen LogP contribution in [-0.4, -0.2) is 19.1 Å². The maximum Gasteiger partial charge on any atom is 0.239 e. The molecular formula is C12H17ClN2O2. The van der Waals surface area contributed by atoms with Crippen LogP contribution in [0.25, 0.3) is 0 Å². The van der Waals surface area contributed by atoms with Gasteiger partial charge in [-0.3, -0.25) is 10.1 Å². The van der Waals surface area contributed by atoms with Gasteiger partial charge in [-0.2, -0.15) is 0 Å². The molecule has 1 amide bonds. The van der Waals surface area contributed by atoms with E-state index < -0.39 is 11.9 Å². The maximum absolute atomic E-state index is 11.5. The molecule has 0 aromatic heterocycles. The highest BCUT2D eigenvalue weighted by Crippen LogP contribution is 2.32. The van der Waals surface area contributed by atoms with Crippen molar-refractivity contribution in [1.29, 1.82) is 0 Å². The monoisotopic (exact) mass is 256 g/mol. The van der Waals surface area contributed by atoms with Gasteiger partial charge in [0, 0.05) is 16.6 Å². The summed E-state index contributed by atoms with van der Waals surface area (Å²) in [4.78, 5) is 11.5. The van der Waals surface area contributed by atoms with Crippen LogP contribution in [0.1, 0.15) is 25.5 Å². The normalized spacial score (nSPS) is 12.5. The average Bonchev–Trinajstić information content (AvgIpc) is 2.25. The van der Waals surface area contributed by atoms with E-state index in [0.717, 1.165) is 0 Å². The summed E-state index contributed by atoms with van der Waals surface area (Å²) in [5.41, 5.74) is 5.98. The van der Waals surface area contributed by atoms with Gasteiger partial charge in [0.1, 0.15) is 11.8 Å². The first kappa shape index (κ1) is 13.8. The number of amides is 1. The molecule has 1 aromatic carbocycles. The molecule has 0 aliphatic rings. The van der Waals surface area contributed by atoms with Crippen LogP contribution in [0.2, 0.25) is 5.02 Å². The van der Waals surface area contributed by atoms with Crippen LogP contribution < -0.4 is 15.8 Å². The van der Waals surface area contributed by atoms with Gasteiger partial charge in [0.25, 0.3) is 0 Å². The molecule has 0 saturated carbocycles. The van der Waals surface area contributed by atoms with Crippen molar-refractivity contribution in [3.63, 3.8) is 0 Å². The fourth-order valence-corrected chi connectivity index (χ4v) is 1.89. The van der Waals surface area contributed by atoms with E-state index in [4.69, 9.17) is 22.1 Å². The summed E-state index contributed by atoms with van der Waals surface area (Å²) in [6.45, 7) is 3.86. The zero-order chi connectivity index (χ0) is 13.0. The zero-order valence-electron chi connectivity index (χ0n) is 10.2. The number of ether oxygens (including phenoxy) is 1. The Morgan fingerprint density at radius 1 is 1.47 bits per heavy atom. The van der Waals surface area contributed by atoms with Gasteiger partial charge in [0.2, 0.25) is 5.91 Å². The zero-order valence-corrected chi connectivity index (χ0v) is 10.9. The Bertz CT molecular complexity index is 407. The minimum atomic E-state index is -0.654. The second kappa shape index (κ2) is 5.89. The third kappa shape index (κ3) is 3.35. The highest BCUT2D eigenvalue weighted by atomic mass is 35.5. The topological polar surface area (TPSA) is 64.3 Å².